The quantitative estimate of drug-likeness (QED) is 0.538. The van der Waals surface area contributed by atoms with E-state index in [1.165, 1.54) is 0 Å². The predicted octanol–water partition coefficient (Wildman–Crippen LogP) is 4.26. The van der Waals surface area contributed by atoms with E-state index in [1.807, 2.05) is 6.92 Å². The maximum absolute atomic E-state index is 13.9. The van der Waals surface area contributed by atoms with Gasteiger partial charge in [0.15, 0.2) is 17.5 Å². The van der Waals surface area contributed by atoms with E-state index in [9.17, 15) is 18.7 Å². The van der Waals surface area contributed by atoms with Crippen LogP contribution in [-0.2, 0) is 4.79 Å². The molecule has 0 radical (unpaired) electrons. The van der Waals surface area contributed by atoms with Crippen LogP contribution < -0.4 is 4.90 Å². The van der Waals surface area contributed by atoms with Crippen molar-refractivity contribution < 1.29 is 18.7 Å². The zero-order valence-corrected chi connectivity index (χ0v) is 19.0. The number of likely N-dealkylation sites (N-methyl/N-ethyl adjacent to an activating group) is 1. The Bertz CT molecular complexity index is 1170. The van der Waals surface area contributed by atoms with Crippen LogP contribution in [0.2, 0.25) is 0 Å². The van der Waals surface area contributed by atoms with Gasteiger partial charge in [0.05, 0.1) is 11.0 Å². The number of benzene rings is 2. The molecule has 2 heterocycles. The normalized spacial score (nSPS) is 18.1. The molecule has 3 aromatic rings. The lowest BCUT2D eigenvalue weighted by molar-refractivity contribution is -0.112. The number of carbonyl (C=O) groups is 1. The number of phenols is 1. The average Bonchev–Trinajstić information content (AvgIpc) is 3.29. The number of hydrogen-bond acceptors (Lipinski definition) is 6. The molecule has 0 spiro atoms. The van der Waals surface area contributed by atoms with Gasteiger partial charge in [0.1, 0.15) is 17.7 Å². The molecule has 2 aromatic carbocycles. The fourth-order valence-electron chi connectivity index (χ4n) is 4.31. The maximum atomic E-state index is 13.9. The lowest BCUT2D eigenvalue weighted by Gasteiger charge is -2.29. The summed E-state index contributed by atoms with van der Waals surface area (Å²) in [6, 6.07) is 9.03. The second-order valence-electron chi connectivity index (χ2n) is 9.00. The number of phenolic OH excluding ortho intramolecular Hbond substituents is 1. The van der Waals surface area contributed by atoms with Crippen molar-refractivity contribution in [1.29, 1.82) is 0 Å². The van der Waals surface area contributed by atoms with Crippen LogP contribution in [0.5, 0.6) is 5.75 Å². The molecule has 2 unspecified atom stereocenters. The first-order valence-electron chi connectivity index (χ1n) is 11.1. The van der Waals surface area contributed by atoms with Crippen molar-refractivity contribution in [3.8, 4) is 17.0 Å². The van der Waals surface area contributed by atoms with E-state index in [0.29, 0.717) is 23.6 Å². The van der Waals surface area contributed by atoms with Gasteiger partial charge >= 0.3 is 0 Å². The Labute approximate surface area is 191 Å². The van der Waals surface area contributed by atoms with E-state index in [-0.39, 0.29) is 34.7 Å². The minimum Gasteiger partial charge on any atom is -0.508 e. The second kappa shape index (κ2) is 9.39. The van der Waals surface area contributed by atoms with Gasteiger partial charge in [-0.3, -0.25) is 0 Å². The standard InChI is InChI=1S/C25H28F2N4O2/c1-15(16(2)14-32)12-30(3)18-7-8-31(13-18)25-24(17-5-4-6-19(33)9-17)28-22-10-20(26)21(27)11-23(22)29-25/h4-6,9-11,14-16,18,33H,7-8,12-13H2,1-3H3/t15?,16?,18-/m0/s1. The fourth-order valence-corrected chi connectivity index (χ4v) is 4.31. The van der Waals surface area contributed by atoms with E-state index < -0.39 is 11.6 Å². The zero-order chi connectivity index (χ0) is 23.7. The number of aromatic nitrogens is 2. The molecule has 1 fully saturated rings. The molecule has 8 heteroatoms. The topological polar surface area (TPSA) is 69.6 Å². The minimum atomic E-state index is -0.979. The van der Waals surface area contributed by atoms with E-state index in [1.54, 1.807) is 24.3 Å². The van der Waals surface area contributed by atoms with E-state index in [2.05, 4.69) is 33.7 Å². The van der Waals surface area contributed by atoms with Crippen LogP contribution in [-0.4, -0.2) is 59.0 Å². The van der Waals surface area contributed by atoms with E-state index in [4.69, 9.17) is 0 Å². The summed E-state index contributed by atoms with van der Waals surface area (Å²) in [6.45, 7) is 6.22. The molecule has 0 saturated carbocycles. The Morgan fingerprint density at radius 3 is 2.55 bits per heavy atom. The van der Waals surface area contributed by atoms with Crippen LogP contribution >= 0.6 is 0 Å². The highest BCUT2D eigenvalue weighted by Gasteiger charge is 2.30. The van der Waals surface area contributed by atoms with Crippen molar-refractivity contribution in [3.63, 3.8) is 0 Å². The Balaban J connectivity index is 1.68. The zero-order valence-electron chi connectivity index (χ0n) is 19.0. The van der Waals surface area contributed by atoms with Crippen molar-refractivity contribution in [2.75, 3.05) is 31.6 Å². The predicted molar refractivity (Wildman–Crippen MR) is 124 cm³/mol. The minimum absolute atomic E-state index is 0.0102. The highest BCUT2D eigenvalue weighted by atomic mass is 19.2. The molecule has 3 atom stereocenters. The lowest BCUT2D eigenvalue weighted by Crippen LogP contribution is -2.38. The summed E-state index contributed by atoms with van der Waals surface area (Å²) in [5, 5.41) is 9.99. The van der Waals surface area contributed by atoms with Crippen LogP contribution in [0, 0.1) is 23.5 Å². The van der Waals surface area contributed by atoms with E-state index >= 15 is 0 Å². The Morgan fingerprint density at radius 2 is 1.88 bits per heavy atom. The molecule has 1 saturated heterocycles. The lowest BCUT2D eigenvalue weighted by atomic mass is 9.96. The Morgan fingerprint density at radius 1 is 1.18 bits per heavy atom. The van der Waals surface area contributed by atoms with Gasteiger partial charge in [-0.1, -0.05) is 26.0 Å². The molecular weight excluding hydrogens is 426 g/mol. The van der Waals surface area contributed by atoms with Crippen molar-refractivity contribution >= 4 is 23.1 Å². The number of anilines is 1. The van der Waals surface area contributed by atoms with Gasteiger partial charge < -0.3 is 19.7 Å². The molecule has 33 heavy (non-hydrogen) atoms. The monoisotopic (exact) mass is 454 g/mol. The van der Waals surface area contributed by atoms with Gasteiger partial charge in [0.25, 0.3) is 0 Å². The van der Waals surface area contributed by atoms with Gasteiger partial charge in [-0.25, -0.2) is 18.7 Å². The number of halogens is 2. The highest BCUT2D eigenvalue weighted by molar-refractivity contribution is 5.84. The molecule has 174 valence electrons. The number of hydrogen-bond donors (Lipinski definition) is 1. The van der Waals surface area contributed by atoms with Crippen LogP contribution in [0.1, 0.15) is 20.3 Å². The summed E-state index contributed by atoms with van der Waals surface area (Å²) >= 11 is 0. The molecule has 1 N–H and O–H groups in total. The summed E-state index contributed by atoms with van der Waals surface area (Å²) in [6.07, 6.45) is 1.89. The fraction of sp³-hybridized carbons (Fsp3) is 0.400. The number of nitrogens with zero attached hydrogens (tertiary/aromatic N) is 4. The van der Waals surface area contributed by atoms with Gasteiger partial charge in [0, 0.05) is 49.3 Å². The third-order valence-electron chi connectivity index (χ3n) is 6.58. The third-order valence-corrected chi connectivity index (χ3v) is 6.58. The number of rotatable bonds is 7. The summed E-state index contributed by atoms with van der Waals surface area (Å²) < 4.78 is 27.8. The highest BCUT2D eigenvalue weighted by Crippen LogP contribution is 2.34. The van der Waals surface area contributed by atoms with Crippen LogP contribution in [0.3, 0.4) is 0 Å². The molecule has 1 aromatic heterocycles. The molecule has 0 bridgehead atoms. The Hall–Kier alpha value is -3.13. The first-order chi connectivity index (χ1) is 15.8. The summed E-state index contributed by atoms with van der Waals surface area (Å²) in [4.78, 5) is 24.8. The number of aromatic hydroxyl groups is 1. The molecule has 1 aliphatic heterocycles. The first-order valence-corrected chi connectivity index (χ1v) is 11.1. The van der Waals surface area contributed by atoms with Crippen LogP contribution in [0.25, 0.3) is 22.3 Å². The first kappa shape index (κ1) is 23.0. The number of fused-ring (bicyclic) bond motifs is 1. The molecule has 1 aliphatic rings. The average molecular weight is 455 g/mol. The summed E-state index contributed by atoms with van der Waals surface area (Å²) in [5.41, 5.74) is 1.68. The van der Waals surface area contributed by atoms with Crippen LogP contribution in [0.4, 0.5) is 14.6 Å². The second-order valence-corrected chi connectivity index (χ2v) is 9.00. The smallest absolute Gasteiger partial charge is 0.161 e. The van der Waals surface area contributed by atoms with Crippen LogP contribution in [0.15, 0.2) is 36.4 Å². The van der Waals surface area contributed by atoms with Crippen molar-refractivity contribution in [1.82, 2.24) is 14.9 Å². The SMILES string of the molecule is CC(C=O)C(C)CN(C)[C@H]1CCN(c2nc3cc(F)c(F)cc3nc2-c2cccc(O)c2)C1. The largest absolute Gasteiger partial charge is 0.508 e. The molecular formula is C25H28F2N4O2. The molecule has 4 rings (SSSR count). The third kappa shape index (κ3) is 4.80. The summed E-state index contributed by atoms with van der Waals surface area (Å²) in [7, 11) is 2.06. The Kier molecular flexibility index (Phi) is 6.56. The molecule has 0 amide bonds. The van der Waals surface area contributed by atoms with Gasteiger partial charge in [-0.05, 0) is 31.5 Å². The van der Waals surface area contributed by atoms with Gasteiger partial charge in [0.2, 0.25) is 0 Å². The van der Waals surface area contributed by atoms with Crippen molar-refractivity contribution in [2.45, 2.75) is 26.3 Å². The molecule has 6 nitrogen and oxygen atoms in total. The summed E-state index contributed by atoms with van der Waals surface area (Å²) in [5.74, 6) is -1.06. The van der Waals surface area contributed by atoms with Gasteiger partial charge in [-0.2, -0.15) is 0 Å². The van der Waals surface area contributed by atoms with Gasteiger partial charge in [-0.15, -0.1) is 0 Å². The number of aldehydes is 1. The number of carbonyl (C=O) groups excluding carboxylic acids is 1. The van der Waals surface area contributed by atoms with Crippen molar-refractivity contribution in [2.24, 2.45) is 11.8 Å². The molecule has 0 aliphatic carbocycles. The maximum Gasteiger partial charge on any atom is 0.161 e. The van der Waals surface area contributed by atoms with E-state index in [0.717, 1.165) is 37.9 Å². The van der Waals surface area contributed by atoms with Crippen molar-refractivity contribution in [3.05, 3.63) is 48.0 Å².